The Morgan fingerprint density at radius 2 is 1.88 bits per heavy atom. The van der Waals surface area contributed by atoms with Crippen LogP contribution >= 0.6 is 22.6 Å². The van der Waals surface area contributed by atoms with Gasteiger partial charge in [-0.25, -0.2) is 0 Å². The first-order valence-electron chi connectivity index (χ1n) is 5.50. The number of benzene rings is 1. The lowest BCUT2D eigenvalue weighted by Gasteiger charge is -2.26. The molecule has 1 rings (SSSR count). The van der Waals surface area contributed by atoms with Gasteiger partial charge in [-0.3, -0.25) is 4.79 Å². The Morgan fingerprint density at radius 1 is 1.35 bits per heavy atom. The third-order valence-corrected chi connectivity index (χ3v) is 3.11. The van der Waals surface area contributed by atoms with Crippen molar-refractivity contribution in [2.24, 2.45) is 0 Å². The number of alkyl halides is 1. The molecular formula is C13H18INO2. The maximum atomic E-state index is 12.2. The smallest absolute Gasteiger partial charge is 0.180 e. The minimum atomic E-state index is -0.194. The van der Waals surface area contributed by atoms with Gasteiger partial charge in [0.2, 0.25) is 0 Å². The van der Waals surface area contributed by atoms with Gasteiger partial charge >= 0.3 is 0 Å². The Bertz CT molecular complexity index is 381. The summed E-state index contributed by atoms with van der Waals surface area (Å²) in [6, 6.07) is 6.19. The first-order valence-corrected chi connectivity index (χ1v) is 7.03. The van der Waals surface area contributed by atoms with Crippen molar-refractivity contribution in [3.8, 4) is 5.75 Å². The van der Waals surface area contributed by atoms with E-state index in [0.29, 0.717) is 5.56 Å². The van der Waals surface area contributed by atoms with Gasteiger partial charge in [-0.15, -0.1) is 0 Å². The molecule has 1 aromatic carbocycles. The molecule has 0 aliphatic rings. The summed E-state index contributed by atoms with van der Waals surface area (Å²) in [6.07, 6.45) is 0. The predicted molar refractivity (Wildman–Crippen MR) is 78.0 cm³/mol. The van der Waals surface area contributed by atoms with Crippen molar-refractivity contribution in [2.45, 2.75) is 32.4 Å². The number of carbonyl (C=O) groups is 1. The van der Waals surface area contributed by atoms with Gasteiger partial charge in [0.1, 0.15) is 5.75 Å². The van der Waals surface area contributed by atoms with E-state index in [-0.39, 0.29) is 23.1 Å². The Balaban J connectivity index is 2.83. The molecule has 17 heavy (non-hydrogen) atoms. The van der Waals surface area contributed by atoms with E-state index in [1.807, 2.05) is 20.8 Å². The van der Waals surface area contributed by atoms with E-state index in [1.54, 1.807) is 12.1 Å². The predicted octanol–water partition coefficient (Wildman–Crippen LogP) is 2.77. The molecule has 0 amide bonds. The van der Waals surface area contributed by atoms with E-state index in [1.165, 1.54) is 12.1 Å². The number of nitrogens with one attached hydrogen (secondary N) is 1. The van der Waals surface area contributed by atoms with Gasteiger partial charge in [0.15, 0.2) is 5.78 Å². The number of carbonyl (C=O) groups excluding carboxylic acids is 1. The van der Waals surface area contributed by atoms with Gasteiger partial charge in [0.25, 0.3) is 0 Å². The Labute approximate surface area is 116 Å². The zero-order valence-corrected chi connectivity index (χ0v) is 12.5. The maximum absolute atomic E-state index is 12.2. The lowest BCUT2D eigenvalue weighted by molar-refractivity contribution is 0.0939. The normalized spacial score (nSPS) is 13.4. The van der Waals surface area contributed by atoms with Gasteiger partial charge in [-0.05, 0) is 45.0 Å². The van der Waals surface area contributed by atoms with Crippen LogP contribution in [0.25, 0.3) is 0 Å². The highest BCUT2D eigenvalue weighted by Gasteiger charge is 2.23. The summed E-state index contributed by atoms with van der Waals surface area (Å²) >= 11 is 2.21. The van der Waals surface area contributed by atoms with Crippen LogP contribution in [0.5, 0.6) is 5.75 Å². The molecule has 94 valence electrons. The summed E-state index contributed by atoms with van der Waals surface area (Å²) < 4.78 is 0.717. The summed E-state index contributed by atoms with van der Waals surface area (Å²) in [5.41, 5.74) is 0.531. The zero-order chi connectivity index (χ0) is 13.1. The molecule has 0 bridgehead atoms. The topological polar surface area (TPSA) is 49.3 Å². The van der Waals surface area contributed by atoms with Crippen LogP contribution < -0.4 is 5.32 Å². The van der Waals surface area contributed by atoms with Crippen molar-refractivity contribution in [3.05, 3.63) is 29.8 Å². The molecule has 4 heteroatoms. The SMILES string of the molecule is CC(C)(C)NC(CI)C(=O)c1ccc(O)cc1. The summed E-state index contributed by atoms with van der Waals surface area (Å²) in [7, 11) is 0. The van der Waals surface area contributed by atoms with Crippen molar-refractivity contribution < 1.29 is 9.90 Å². The molecule has 3 nitrogen and oxygen atoms in total. The van der Waals surface area contributed by atoms with Gasteiger partial charge < -0.3 is 10.4 Å². The quantitative estimate of drug-likeness (QED) is 0.500. The van der Waals surface area contributed by atoms with Gasteiger partial charge in [0, 0.05) is 15.5 Å². The largest absolute Gasteiger partial charge is 0.508 e. The van der Waals surface area contributed by atoms with Crippen molar-refractivity contribution >= 4 is 28.4 Å². The highest BCUT2D eigenvalue weighted by Crippen LogP contribution is 2.14. The number of Topliss-reactive ketones (excluding diaryl/α,β-unsaturated/α-hetero) is 1. The molecule has 0 radical (unpaired) electrons. The number of hydrogen-bond acceptors (Lipinski definition) is 3. The van der Waals surface area contributed by atoms with Crippen LogP contribution in [0.1, 0.15) is 31.1 Å². The number of hydrogen-bond donors (Lipinski definition) is 2. The fraction of sp³-hybridized carbons (Fsp3) is 0.462. The molecule has 1 aromatic rings. The summed E-state index contributed by atoms with van der Waals surface area (Å²) in [5.74, 6) is 0.241. The Kier molecular flexibility index (Phi) is 4.94. The molecule has 0 aliphatic carbocycles. The fourth-order valence-electron chi connectivity index (χ4n) is 1.52. The molecule has 1 atom stereocenters. The molecule has 0 heterocycles. The van der Waals surface area contributed by atoms with Crippen molar-refractivity contribution in [3.63, 3.8) is 0 Å². The number of aromatic hydroxyl groups is 1. The zero-order valence-electron chi connectivity index (χ0n) is 10.3. The molecule has 0 saturated heterocycles. The van der Waals surface area contributed by atoms with E-state index in [0.717, 1.165) is 4.43 Å². The maximum Gasteiger partial charge on any atom is 0.180 e. The molecule has 0 fully saturated rings. The molecule has 0 aliphatic heterocycles. The van der Waals surface area contributed by atoms with Crippen LogP contribution in [-0.4, -0.2) is 26.9 Å². The number of phenols is 1. The number of rotatable bonds is 4. The van der Waals surface area contributed by atoms with Gasteiger partial charge in [0.05, 0.1) is 6.04 Å². The second kappa shape index (κ2) is 5.82. The molecule has 0 aromatic heterocycles. The third kappa shape index (κ3) is 4.63. The minimum Gasteiger partial charge on any atom is -0.508 e. The van der Waals surface area contributed by atoms with E-state index < -0.39 is 0 Å². The van der Waals surface area contributed by atoms with Crippen LogP contribution in [-0.2, 0) is 0 Å². The Morgan fingerprint density at radius 3 is 2.29 bits per heavy atom. The van der Waals surface area contributed by atoms with E-state index in [2.05, 4.69) is 27.9 Å². The van der Waals surface area contributed by atoms with Crippen molar-refractivity contribution in [1.82, 2.24) is 5.32 Å². The number of halogens is 1. The first kappa shape index (κ1) is 14.4. The van der Waals surface area contributed by atoms with Crippen LogP contribution in [0.2, 0.25) is 0 Å². The summed E-state index contributed by atoms with van der Waals surface area (Å²) in [4.78, 5) is 12.2. The summed E-state index contributed by atoms with van der Waals surface area (Å²) in [5, 5.41) is 12.5. The minimum absolute atomic E-state index is 0.0642. The molecule has 0 saturated carbocycles. The van der Waals surface area contributed by atoms with E-state index in [9.17, 15) is 9.90 Å². The highest BCUT2D eigenvalue weighted by atomic mass is 127. The number of ketones is 1. The van der Waals surface area contributed by atoms with Crippen molar-refractivity contribution in [1.29, 1.82) is 0 Å². The van der Waals surface area contributed by atoms with Gasteiger partial charge in [-0.1, -0.05) is 22.6 Å². The van der Waals surface area contributed by atoms with Crippen LogP contribution in [0.4, 0.5) is 0 Å². The van der Waals surface area contributed by atoms with Crippen LogP contribution in [0.3, 0.4) is 0 Å². The third-order valence-electron chi connectivity index (χ3n) is 2.23. The molecule has 2 N–H and O–H groups in total. The molecular weight excluding hydrogens is 329 g/mol. The number of phenolic OH excluding ortho intramolecular Hbond substituents is 1. The second-order valence-corrected chi connectivity index (χ2v) is 5.89. The first-order chi connectivity index (χ1) is 7.83. The monoisotopic (exact) mass is 347 g/mol. The van der Waals surface area contributed by atoms with E-state index >= 15 is 0 Å². The standard InChI is InChI=1S/C13H18INO2/c1-13(2,3)15-11(8-14)12(17)9-4-6-10(16)7-5-9/h4-7,11,15-16H,8H2,1-3H3. The highest BCUT2D eigenvalue weighted by molar-refractivity contribution is 14.1. The van der Waals surface area contributed by atoms with Crippen molar-refractivity contribution in [2.75, 3.05) is 4.43 Å². The summed E-state index contributed by atoms with van der Waals surface area (Å²) in [6.45, 7) is 6.11. The second-order valence-electron chi connectivity index (χ2n) is 5.01. The van der Waals surface area contributed by atoms with Crippen LogP contribution in [0.15, 0.2) is 24.3 Å². The fourth-order valence-corrected chi connectivity index (χ4v) is 2.14. The Hall–Kier alpha value is -0.620. The molecule has 0 spiro atoms. The average molecular weight is 347 g/mol. The van der Waals surface area contributed by atoms with E-state index in [4.69, 9.17) is 0 Å². The lowest BCUT2D eigenvalue weighted by atomic mass is 10.0. The van der Waals surface area contributed by atoms with Gasteiger partial charge in [-0.2, -0.15) is 0 Å². The van der Waals surface area contributed by atoms with Crippen LogP contribution in [0, 0.1) is 0 Å². The lowest BCUT2D eigenvalue weighted by Crippen LogP contribution is -2.48. The average Bonchev–Trinajstić information content (AvgIpc) is 2.25. The molecule has 1 unspecified atom stereocenters.